The second-order valence-corrected chi connectivity index (χ2v) is 9.40. The highest BCUT2D eigenvalue weighted by molar-refractivity contribution is 7.92. The Morgan fingerprint density at radius 3 is 2.25 bits per heavy atom. The number of pyridine rings is 1. The maximum Gasteiger partial charge on any atom is 0.417 e. The summed E-state index contributed by atoms with van der Waals surface area (Å²) in [6.45, 7) is 4.83. The van der Waals surface area contributed by atoms with E-state index < -0.39 is 42.9 Å². The molecular weight excluding hydrogens is 440 g/mol. The maximum absolute atomic E-state index is 13.0. The molecule has 2 rings (SSSR count). The quantitative estimate of drug-likeness (QED) is 0.624. The van der Waals surface area contributed by atoms with E-state index in [1.54, 1.807) is 20.8 Å². The van der Waals surface area contributed by atoms with Gasteiger partial charge in [0.05, 0.1) is 26.2 Å². The molecule has 0 aliphatic heterocycles. The predicted octanol–water partition coefficient (Wildman–Crippen LogP) is 5.44. The van der Waals surface area contributed by atoms with Crippen LogP contribution in [0.15, 0.2) is 35.4 Å². The minimum atomic E-state index is -4.84. The lowest BCUT2D eigenvalue weighted by Crippen LogP contribution is -2.24. The lowest BCUT2D eigenvalue weighted by Gasteiger charge is -2.19. The fourth-order valence-electron chi connectivity index (χ4n) is 2.15. The molecule has 5 nitrogen and oxygen atoms in total. The Kier molecular flexibility index (Phi) is 6.04. The van der Waals surface area contributed by atoms with E-state index >= 15 is 0 Å². The van der Waals surface area contributed by atoms with E-state index in [-0.39, 0.29) is 16.4 Å². The lowest BCUT2D eigenvalue weighted by atomic mass is 9.88. The van der Waals surface area contributed by atoms with Crippen molar-refractivity contribution in [2.45, 2.75) is 31.8 Å². The summed E-state index contributed by atoms with van der Waals surface area (Å²) in [5.41, 5.74) is -2.63. The molecule has 1 heterocycles. The van der Waals surface area contributed by atoms with Crippen molar-refractivity contribution in [3.63, 3.8) is 0 Å². The maximum atomic E-state index is 13.0. The van der Waals surface area contributed by atoms with Crippen molar-refractivity contribution in [1.29, 1.82) is 0 Å². The summed E-state index contributed by atoms with van der Waals surface area (Å²) in [5.74, 6) is -0.478. The van der Waals surface area contributed by atoms with Gasteiger partial charge < -0.3 is 0 Å². The van der Waals surface area contributed by atoms with Crippen LogP contribution in [0.5, 0.6) is 0 Å². The zero-order valence-corrected chi connectivity index (χ0v) is 17.2. The van der Waals surface area contributed by atoms with Crippen molar-refractivity contribution >= 4 is 44.7 Å². The second-order valence-electron chi connectivity index (χ2n) is 6.87. The molecule has 152 valence electrons. The molecule has 28 heavy (non-hydrogen) atoms. The Balaban J connectivity index is 2.54. The number of carbonyl (C=O) groups excluding carboxylic acids is 1. The second kappa shape index (κ2) is 7.53. The van der Waals surface area contributed by atoms with E-state index in [0.717, 1.165) is 18.2 Å². The number of Topliss-reactive ketones (excluding diaryl/α,β-unsaturated/α-hetero) is 1. The number of anilines is 1. The molecule has 0 saturated carbocycles. The molecule has 0 amide bonds. The van der Waals surface area contributed by atoms with E-state index in [1.165, 1.54) is 6.20 Å². The average Bonchev–Trinajstić information content (AvgIpc) is 2.52. The van der Waals surface area contributed by atoms with Crippen molar-refractivity contribution in [1.82, 2.24) is 4.98 Å². The number of hydrogen-bond donors (Lipinski definition) is 1. The Morgan fingerprint density at radius 1 is 1.11 bits per heavy atom. The number of alkyl halides is 3. The van der Waals surface area contributed by atoms with Gasteiger partial charge in [-0.3, -0.25) is 9.52 Å². The molecule has 0 saturated heterocycles. The third-order valence-electron chi connectivity index (χ3n) is 3.55. The standard InChI is InChI=1S/C17H15Cl2F3N2O3S/c1-16(2,3)15(25)14-13(6-9(18)8-23-14)24-28(26,27)10-4-5-12(19)11(7-10)17(20,21)22/h4-8,24H,1-3H3. The van der Waals surface area contributed by atoms with Crippen LogP contribution in [-0.2, 0) is 16.2 Å². The summed E-state index contributed by atoms with van der Waals surface area (Å²) in [4.78, 5) is 15.7. The molecule has 0 fully saturated rings. The molecular formula is C17H15Cl2F3N2O3S. The summed E-state index contributed by atoms with van der Waals surface area (Å²) >= 11 is 11.4. The average molecular weight is 455 g/mol. The van der Waals surface area contributed by atoms with Gasteiger partial charge in [0.2, 0.25) is 0 Å². The van der Waals surface area contributed by atoms with Gasteiger partial charge in [-0.2, -0.15) is 13.2 Å². The van der Waals surface area contributed by atoms with Crippen LogP contribution in [0.3, 0.4) is 0 Å². The van der Waals surface area contributed by atoms with Gasteiger partial charge in [0.15, 0.2) is 5.78 Å². The summed E-state index contributed by atoms with van der Waals surface area (Å²) < 4.78 is 66.4. The predicted molar refractivity (Wildman–Crippen MR) is 100 cm³/mol. The van der Waals surface area contributed by atoms with E-state index in [9.17, 15) is 26.4 Å². The van der Waals surface area contributed by atoms with Crippen LogP contribution in [-0.4, -0.2) is 19.2 Å². The number of aromatic nitrogens is 1. The third kappa shape index (κ3) is 4.95. The van der Waals surface area contributed by atoms with Gasteiger partial charge in [0.25, 0.3) is 10.0 Å². The highest BCUT2D eigenvalue weighted by Crippen LogP contribution is 2.36. The number of nitrogens with zero attached hydrogens (tertiary/aromatic N) is 1. The molecule has 0 aliphatic rings. The monoisotopic (exact) mass is 454 g/mol. The first-order valence-corrected chi connectivity index (χ1v) is 9.97. The summed E-state index contributed by atoms with van der Waals surface area (Å²) in [6, 6.07) is 3.32. The Labute approximate surface area is 169 Å². The summed E-state index contributed by atoms with van der Waals surface area (Å²) in [7, 11) is -4.49. The van der Waals surface area contributed by atoms with Crippen molar-refractivity contribution in [3.05, 3.63) is 51.8 Å². The lowest BCUT2D eigenvalue weighted by molar-refractivity contribution is -0.137. The third-order valence-corrected chi connectivity index (χ3v) is 5.45. The number of nitrogens with one attached hydrogen (secondary N) is 1. The molecule has 0 radical (unpaired) electrons. The summed E-state index contributed by atoms with van der Waals surface area (Å²) in [5, 5.41) is -0.602. The number of ketones is 1. The fourth-order valence-corrected chi connectivity index (χ4v) is 3.61. The number of hydrogen-bond acceptors (Lipinski definition) is 4. The molecule has 0 atom stereocenters. The topological polar surface area (TPSA) is 76.1 Å². The number of sulfonamides is 1. The molecule has 0 unspecified atom stereocenters. The van der Waals surface area contributed by atoms with Crippen LogP contribution in [0, 0.1) is 5.41 Å². The first-order valence-electron chi connectivity index (χ1n) is 7.73. The van der Waals surface area contributed by atoms with Crippen LogP contribution in [0.25, 0.3) is 0 Å². The first kappa shape index (κ1) is 22.4. The van der Waals surface area contributed by atoms with E-state index in [0.29, 0.717) is 6.07 Å². The van der Waals surface area contributed by atoms with E-state index in [1.807, 2.05) is 0 Å². The van der Waals surface area contributed by atoms with E-state index in [2.05, 4.69) is 9.71 Å². The van der Waals surface area contributed by atoms with Crippen LogP contribution >= 0.6 is 23.2 Å². The zero-order chi connectivity index (χ0) is 21.5. The number of carbonyl (C=O) groups is 1. The highest BCUT2D eigenvalue weighted by atomic mass is 35.5. The molecule has 11 heteroatoms. The van der Waals surface area contributed by atoms with Crippen molar-refractivity contribution in [2.24, 2.45) is 5.41 Å². The largest absolute Gasteiger partial charge is 0.417 e. The van der Waals surface area contributed by atoms with Crippen molar-refractivity contribution < 1.29 is 26.4 Å². The first-order chi connectivity index (χ1) is 12.6. The molecule has 2 aromatic rings. The van der Waals surface area contributed by atoms with Crippen LogP contribution in [0.2, 0.25) is 10.0 Å². The van der Waals surface area contributed by atoms with Gasteiger partial charge in [-0.05, 0) is 24.3 Å². The Bertz CT molecular complexity index is 1030. The molecule has 0 bridgehead atoms. The Hall–Kier alpha value is -1.84. The fraction of sp³-hybridized carbons (Fsp3) is 0.294. The zero-order valence-electron chi connectivity index (χ0n) is 14.9. The molecule has 1 N–H and O–H groups in total. The van der Waals surface area contributed by atoms with Gasteiger partial charge in [0.1, 0.15) is 5.69 Å². The SMILES string of the molecule is CC(C)(C)C(=O)c1ncc(Cl)cc1NS(=O)(=O)c1ccc(Cl)c(C(F)(F)F)c1. The minimum absolute atomic E-state index is 0.0373. The number of benzene rings is 1. The number of rotatable bonds is 4. The van der Waals surface area contributed by atoms with Crippen molar-refractivity contribution in [3.8, 4) is 0 Å². The molecule has 1 aromatic carbocycles. The van der Waals surface area contributed by atoms with Crippen LogP contribution in [0.1, 0.15) is 36.8 Å². The molecule has 0 spiro atoms. The van der Waals surface area contributed by atoms with Gasteiger partial charge in [0, 0.05) is 11.6 Å². The smallest absolute Gasteiger partial charge is 0.292 e. The molecule has 1 aromatic heterocycles. The van der Waals surface area contributed by atoms with Gasteiger partial charge >= 0.3 is 6.18 Å². The van der Waals surface area contributed by atoms with Gasteiger partial charge in [-0.25, -0.2) is 13.4 Å². The Morgan fingerprint density at radius 2 is 1.71 bits per heavy atom. The number of halogens is 5. The van der Waals surface area contributed by atoms with Gasteiger partial charge in [-0.15, -0.1) is 0 Å². The van der Waals surface area contributed by atoms with Crippen LogP contribution < -0.4 is 4.72 Å². The van der Waals surface area contributed by atoms with Crippen LogP contribution in [0.4, 0.5) is 18.9 Å². The minimum Gasteiger partial charge on any atom is -0.292 e. The summed E-state index contributed by atoms with van der Waals surface area (Å²) in [6.07, 6.45) is -3.67. The van der Waals surface area contributed by atoms with Gasteiger partial charge in [-0.1, -0.05) is 44.0 Å². The van der Waals surface area contributed by atoms with Crippen molar-refractivity contribution in [2.75, 3.05) is 4.72 Å². The van der Waals surface area contributed by atoms with E-state index in [4.69, 9.17) is 23.2 Å². The normalized spacial score (nSPS) is 12.7. The molecule has 0 aliphatic carbocycles. The highest BCUT2D eigenvalue weighted by Gasteiger charge is 2.35.